The highest BCUT2D eigenvalue weighted by Gasteiger charge is 2.51. The lowest BCUT2D eigenvalue weighted by Gasteiger charge is -2.16. The van der Waals surface area contributed by atoms with Crippen molar-refractivity contribution in [2.45, 2.75) is 23.2 Å². The molecule has 1 fully saturated rings. The summed E-state index contributed by atoms with van der Waals surface area (Å²) in [6.07, 6.45) is 4.50. The van der Waals surface area contributed by atoms with Crippen LogP contribution in [0.15, 0.2) is 78.0 Å². The number of hydrogen-bond acceptors (Lipinski definition) is 5. The van der Waals surface area contributed by atoms with E-state index in [-0.39, 0.29) is 16.8 Å². The van der Waals surface area contributed by atoms with Crippen molar-refractivity contribution in [1.82, 2.24) is 9.97 Å². The smallest absolute Gasteiger partial charge is 0.264 e. The zero-order valence-corrected chi connectivity index (χ0v) is 15.7. The number of rotatable bonds is 6. The Morgan fingerprint density at radius 2 is 1.54 bits per heavy atom. The largest absolute Gasteiger partial charge is 0.325 e. The maximum Gasteiger partial charge on any atom is 0.264 e. The Kier molecular flexibility index (Phi) is 4.56. The molecule has 3 aromatic rings. The third-order valence-electron chi connectivity index (χ3n) is 4.72. The number of nitrogens with one attached hydrogen (secondary N) is 2. The van der Waals surface area contributed by atoms with E-state index in [4.69, 9.17) is 0 Å². The molecule has 142 valence electrons. The van der Waals surface area contributed by atoms with Gasteiger partial charge in [0.05, 0.1) is 10.3 Å². The van der Waals surface area contributed by atoms with Crippen molar-refractivity contribution < 1.29 is 13.2 Å². The molecule has 0 saturated heterocycles. The first-order valence-corrected chi connectivity index (χ1v) is 10.2. The first kappa shape index (κ1) is 18.1. The molecule has 0 bridgehead atoms. The minimum Gasteiger partial charge on any atom is -0.325 e. The number of aromatic nitrogens is 2. The maximum absolute atomic E-state index is 12.8. The van der Waals surface area contributed by atoms with Gasteiger partial charge in [0.2, 0.25) is 11.9 Å². The average Bonchev–Trinajstić information content (AvgIpc) is 3.52. The monoisotopic (exact) mass is 394 g/mol. The lowest BCUT2D eigenvalue weighted by Crippen LogP contribution is -2.27. The summed E-state index contributed by atoms with van der Waals surface area (Å²) in [4.78, 5) is 20.5. The molecule has 7 nitrogen and oxygen atoms in total. The van der Waals surface area contributed by atoms with Crippen molar-refractivity contribution in [3.63, 3.8) is 0 Å². The lowest BCUT2D eigenvalue weighted by atomic mass is 9.95. The van der Waals surface area contributed by atoms with Crippen LogP contribution in [0.1, 0.15) is 18.4 Å². The summed E-state index contributed by atoms with van der Waals surface area (Å²) in [5.74, 6) is -0.0801. The Labute approximate surface area is 162 Å². The average molecular weight is 394 g/mol. The Balaban J connectivity index is 1.47. The first-order valence-electron chi connectivity index (χ1n) is 8.77. The number of carbonyl (C=O) groups is 1. The van der Waals surface area contributed by atoms with Crippen molar-refractivity contribution in [3.05, 3.63) is 78.6 Å². The molecule has 2 N–H and O–H groups in total. The van der Waals surface area contributed by atoms with Gasteiger partial charge in [-0.2, -0.15) is 0 Å². The van der Waals surface area contributed by atoms with Gasteiger partial charge in [0.25, 0.3) is 10.0 Å². The van der Waals surface area contributed by atoms with Crippen molar-refractivity contribution >= 4 is 27.6 Å². The first-order chi connectivity index (χ1) is 13.5. The molecule has 1 amide bonds. The fraction of sp³-hybridized carbons (Fsp3) is 0.150. The van der Waals surface area contributed by atoms with Gasteiger partial charge in [-0.05, 0) is 48.7 Å². The Bertz CT molecular complexity index is 1080. The van der Waals surface area contributed by atoms with Crippen LogP contribution in [0.3, 0.4) is 0 Å². The zero-order valence-electron chi connectivity index (χ0n) is 14.9. The van der Waals surface area contributed by atoms with Gasteiger partial charge in [0.1, 0.15) is 0 Å². The van der Waals surface area contributed by atoms with Gasteiger partial charge in [0.15, 0.2) is 0 Å². The van der Waals surface area contributed by atoms with Crippen molar-refractivity contribution in [1.29, 1.82) is 0 Å². The lowest BCUT2D eigenvalue weighted by molar-refractivity contribution is -0.118. The van der Waals surface area contributed by atoms with E-state index in [2.05, 4.69) is 20.0 Å². The molecule has 1 saturated carbocycles. The molecule has 8 heteroatoms. The maximum atomic E-state index is 12.8. The molecule has 0 atom stereocenters. The van der Waals surface area contributed by atoms with Gasteiger partial charge in [-0.15, -0.1) is 0 Å². The number of carbonyl (C=O) groups excluding carboxylic acids is 1. The van der Waals surface area contributed by atoms with E-state index in [0.29, 0.717) is 5.69 Å². The fourth-order valence-corrected chi connectivity index (χ4v) is 3.99. The summed E-state index contributed by atoms with van der Waals surface area (Å²) in [5.41, 5.74) is 1.05. The number of hydrogen-bond donors (Lipinski definition) is 2. The number of sulfonamides is 1. The summed E-state index contributed by atoms with van der Waals surface area (Å²) in [5, 5.41) is 2.89. The molecule has 1 aliphatic carbocycles. The van der Waals surface area contributed by atoms with Crippen LogP contribution in [0.4, 0.5) is 11.6 Å². The van der Waals surface area contributed by atoms with Crippen LogP contribution >= 0.6 is 0 Å². The van der Waals surface area contributed by atoms with Crippen LogP contribution in [0, 0.1) is 0 Å². The predicted molar refractivity (Wildman–Crippen MR) is 105 cm³/mol. The van der Waals surface area contributed by atoms with Gasteiger partial charge in [-0.25, -0.2) is 23.1 Å². The van der Waals surface area contributed by atoms with Crippen molar-refractivity contribution in [2.75, 3.05) is 10.0 Å². The van der Waals surface area contributed by atoms with E-state index in [0.717, 1.165) is 18.4 Å². The third kappa shape index (κ3) is 3.59. The highest BCUT2D eigenvalue weighted by atomic mass is 32.2. The summed E-state index contributed by atoms with van der Waals surface area (Å²) in [7, 11) is -3.81. The second-order valence-electron chi connectivity index (χ2n) is 6.60. The summed E-state index contributed by atoms with van der Waals surface area (Å²) < 4.78 is 27.1. The zero-order chi connectivity index (χ0) is 19.6. The summed E-state index contributed by atoms with van der Waals surface area (Å²) in [6.45, 7) is 0. The highest BCUT2D eigenvalue weighted by molar-refractivity contribution is 7.92. The Morgan fingerprint density at radius 1 is 0.893 bits per heavy atom. The molecule has 0 aliphatic heterocycles. The van der Waals surface area contributed by atoms with Gasteiger partial charge >= 0.3 is 0 Å². The molecule has 0 spiro atoms. The fourth-order valence-electron chi connectivity index (χ4n) is 3.03. The number of benzene rings is 2. The van der Waals surface area contributed by atoms with Crippen LogP contribution in [0.25, 0.3) is 0 Å². The summed E-state index contributed by atoms with van der Waals surface area (Å²) in [6, 6.07) is 17.3. The van der Waals surface area contributed by atoms with E-state index in [9.17, 15) is 13.2 Å². The van der Waals surface area contributed by atoms with E-state index < -0.39 is 15.4 Å². The molecular weight excluding hydrogens is 376 g/mol. The molecule has 0 radical (unpaired) electrons. The van der Waals surface area contributed by atoms with Gasteiger partial charge in [-0.3, -0.25) is 4.79 Å². The SMILES string of the molecule is O=C(Nc1ccc(S(=O)(=O)Nc2ncccn2)cc1)C1(c2ccccc2)CC1. The molecule has 4 rings (SSSR count). The van der Waals surface area contributed by atoms with E-state index in [1.165, 1.54) is 24.5 Å². The third-order valence-corrected chi connectivity index (χ3v) is 6.07. The van der Waals surface area contributed by atoms with Crippen LogP contribution in [-0.4, -0.2) is 24.3 Å². The molecular formula is C20H18N4O3S. The second-order valence-corrected chi connectivity index (χ2v) is 8.29. The van der Waals surface area contributed by atoms with E-state index >= 15 is 0 Å². The van der Waals surface area contributed by atoms with Crippen LogP contribution in [-0.2, 0) is 20.2 Å². The highest BCUT2D eigenvalue weighted by Crippen LogP contribution is 2.48. The van der Waals surface area contributed by atoms with E-state index in [1.54, 1.807) is 18.2 Å². The normalized spacial score (nSPS) is 14.9. The molecule has 1 aromatic heterocycles. The van der Waals surface area contributed by atoms with Crippen LogP contribution < -0.4 is 10.0 Å². The summed E-state index contributed by atoms with van der Waals surface area (Å²) >= 11 is 0. The minimum atomic E-state index is -3.81. The number of nitrogens with zero attached hydrogens (tertiary/aromatic N) is 2. The topological polar surface area (TPSA) is 101 Å². The van der Waals surface area contributed by atoms with Gasteiger partial charge in [0, 0.05) is 18.1 Å². The Hall–Kier alpha value is -3.26. The molecule has 0 unspecified atom stereocenters. The molecule has 28 heavy (non-hydrogen) atoms. The standard InChI is InChI=1S/C20H18N4O3S/c25-18(20(11-12-20)15-5-2-1-3-6-15)23-16-7-9-17(10-8-16)28(26,27)24-19-21-13-4-14-22-19/h1-10,13-14H,11-12H2,(H,23,25)(H,21,22,24). The Morgan fingerprint density at radius 3 is 2.14 bits per heavy atom. The van der Waals surface area contributed by atoms with Gasteiger partial charge < -0.3 is 5.32 Å². The van der Waals surface area contributed by atoms with Crippen LogP contribution in [0.2, 0.25) is 0 Å². The number of amides is 1. The van der Waals surface area contributed by atoms with Crippen LogP contribution in [0.5, 0.6) is 0 Å². The molecule has 2 aromatic carbocycles. The molecule has 1 heterocycles. The van der Waals surface area contributed by atoms with Crippen molar-refractivity contribution in [2.24, 2.45) is 0 Å². The minimum absolute atomic E-state index is 0.00147. The number of anilines is 2. The quantitative estimate of drug-likeness (QED) is 0.669. The molecule has 1 aliphatic rings. The van der Waals surface area contributed by atoms with E-state index in [1.807, 2.05) is 30.3 Å². The predicted octanol–water partition coefficient (Wildman–Crippen LogP) is 2.95. The second kappa shape index (κ2) is 7.05. The van der Waals surface area contributed by atoms with Crippen molar-refractivity contribution in [3.8, 4) is 0 Å². The van der Waals surface area contributed by atoms with Gasteiger partial charge in [-0.1, -0.05) is 30.3 Å².